The number of carbonyl (C=O) groups excluding carboxylic acids is 1. The van der Waals surface area contributed by atoms with E-state index in [-0.39, 0.29) is 32.7 Å². The zero-order valence-electron chi connectivity index (χ0n) is 16.4. The summed E-state index contributed by atoms with van der Waals surface area (Å²) in [7, 11) is 1.47. The van der Waals surface area contributed by atoms with Crippen LogP contribution in [-0.4, -0.2) is 38.5 Å². The average molecular weight is 478 g/mol. The van der Waals surface area contributed by atoms with Crippen molar-refractivity contribution in [2.75, 3.05) is 18.2 Å². The lowest BCUT2D eigenvalue weighted by molar-refractivity contribution is -0.113. The number of aromatic nitrogens is 4. The van der Waals surface area contributed by atoms with Crippen LogP contribution >= 0.6 is 23.4 Å². The predicted octanol–water partition coefficient (Wildman–Crippen LogP) is 3.78. The molecule has 4 aromatic rings. The lowest BCUT2D eigenvalue weighted by atomic mass is 10.3. The number of hydrogen-bond donors (Lipinski definition) is 2. The number of nitrogens with zero attached hydrogens (tertiary/aromatic N) is 3. The molecule has 0 spiro atoms. The Morgan fingerprint density at radius 1 is 1.25 bits per heavy atom. The number of hydrogen-bond acceptors (Lipinski definition) is 6. The van der Waals surface area contributed by atoms with Crippen LogP contribution < -0.4 is 15.6 Å². The molecule has 2 heterocycles. The Hall–Kier alpha value is -3.44. The number of thioether (sulfide) groups is 1. The van der Waals surface area contributed by atoms with E-state index in [1.54, 1.807) is 12.1 Å². The Kier molecular flexibility index (Phi) is 6.10. The van der Waals surface area contributed by atoms with Crippen molar-refractivity contribution in [1.29, 1.82) is 0 Å². The fourth-order valence-electron chi connectivity index (χ4n) is 2.95. The van der Waals surface area contributed by atoms with Gasteiger partial charge in [0.05, 0.1) is 29.8 Å². The number of H-pyrrole nitrogens is 1. The van der Waals surface area contributed by atoms with Gasteiger partial charge in [-0.05, 0) is 30.3 Å². The third-order valence-electron chi connectivity index (χ3n) is 4.32. The third kappa shape index (κ3) is 4.43. The first-order valence-electron chi connectivity index (χ1n) is 9.04. The van der Waals surface area contributed by atoms with Gasteiger partial charge in [0.15, 0.2) is 10.8 Å². The zero-order chi connectivity index (χ0) is 22.8. The van der Waals surface area contributed by atoms with Gasteiger partial charge in [0.1, 0.15) is 22.8 Å². The van der Waals surface area contributed by atoms with Crippen molar-refractivity contribution in [2.24, 2.45) is 0 Å². The normalized spacial score (nSPS) is 11.0. The SMILES string of the molecule is COc1ccc(-n2c(SCC(=O)Nc3cc(F)cc(F)c3)nc3[nH]ncc3c2=O)cc1Cl. The summed E-state index contributed by atoms with van der Waals surface area (Å²) in [5.74, 6) is -1.93. The molecule has 2 aromatic carbocycles. The number of aromatic amines is 1. The molecule has 0 saturated carbocycles. The van der Waals surface area contributed by atoms with Crippen LogP contribution in [0.15, 0.2) is 52.5 Å². The molecule has 0 unspecified atom stereocenters. The highest BCUT2D eigenvalue weighted by Gasteiger charge is 2.17. The van der Waals surface area contributed by atoms with Gasteiger partial charge in [-0.15, -0.1) is 0 Å². The van der Waals surface area contributed by atoms with Gasteiger partial charge in [0.25, 0.3) is 5.56 Å². The Balaban J connectivity index is 1.66. The van der Waals surface area contributed by atoms with E-state index >= 15 is 0 Å². The summed E-state index contributed by atoms with van der Waals surface area (Å²) in [6.07, 6.45) is 1.35. The minimum Gasteiger partial charge on any atom is -0.495 e. The number of fused-ring (bicyclic) bond motifs is 1. The molecule has 0 aliphatic heterocycles. The first-order valence-corrected chi connectivity index (χ1v) is 10.4. The van der Waals surface area contributed by atoms with Crippen LogP contribution in [0, 0.1) is 11.6 Å². The van der Waals surface area contributed by atoms with Crippen molar-refractivity contribution in [3.05, 3.63) is 69.6 Å². The molecule has 2 aromatic heterocycles. The molecule has 0 bridgehead atoms. The van der Waals surface area contributed by atoms with E-state index in [9.17, 15) is 18.4 Å². The molecule has 1 amide bonds. The molecule has 0 atom stereocenters. The summed E-state index contributed by atoms with van der Waals surface area (Å²) in [6.45, 7) is 0. The lowest BCUT2D eigenvalue weighted by Crippen LogP contribution is -2.22. The second-order valence-corrected chi connectivity index (χ2v) is 7.83. The molecule has 32 heavy (non-hydrogen) atoms. The van der Waals surface area contributed by atoms with Crippen LogP contribution in [0.25, 0.3) is 16.7 Å². The van der Waals surface area contributed by atoms with E-state index in [0.717, 1.165) is 23.9 Å². The second-order valence-electron chi connectivity index (χ2n) is 6.48. The van der Waals surface area contributed by atoms with Crippen LogP contribution in [0.4, 0.5) is 14.5 Å². The van der Waals surface area contributed by atoms with Gasteiger partial charge < -0.3 is 10.1 Å². The molecule has 12 heteroatoms. The molecule has 2 N–H and O–H groups in total. The summed E-state index contributed by atoms with van der Waals surface area (Å²) < 4.78 is 33.1. The topological polar surface area (TPSA) is 102 Å². The number of nitrogens with one attached hydrogen (secondary N) is 2. The van der Waals surface area contributed by atoms with Crippen LogP contribution in [0.2, 0.25) is 5.02 Å². The first-order chi connectivity index (χ1) is 15.4. The van der Waals surface area contributed by atoms with E-state index < -0.39 is 23.1 Å². The molecule has 0 radical (unpaired) electrons. The maximum Gasteiger partial charge on any atom is 0.269 e. The van der Waals surface area contributed by atoms with Gasteiger partial charge in [0, 0.05) is 11.8 Å². The molecular formula is C20H14ClF2N5O3S. The van der Waals surface area contributed by atoms with E-state index in [1.807, 2.05) is 0 Å². The van der Waals surface area contributed by atoms with E-state index in [2.05, 4.69) is 20.5 Å². The quantitative estimate of drug-likeness (QED) is 0.324. The van der Waals surface area contributed by atoms with Crippen molar-refractivity contribution in [3.8, 4) is 11.4 Å². The van der Waals surface area contributed by atoms with Gasteiger partial charge in [-0.25, -0.2) is 13.8 Å². The predicted molar refractivity (Wildman–Crippen MR) is 117 cm³/mol. The van der Waals surface area contributed by atoms with Crippen LogP contribution in [-0.2, 0) is 4.79 Å². The summed E-state index contributed by atoms with van der Waals surface area (Å²) in [6, 6.07) is 7.45. The fourth-order valence-corrected chi connectivity index (χ4v) is 4.00. The van der Waals surface area contributed by atoms with Gasteiger partial charge in [0.2, 0.25) is 5.91 Å². The monoisotopic (exact) mass is 477 g/mol. The van der Waals surface area contributed by atoms with E-state index in [4.69, 9.17) is 16.3 Å². The van der Waals surface area contributed by atoms with Crippen LogP contribution in [0.5, 0.6) is 5.75 Å². The standard InChI is InChI=1S/C20H14ClF2N5O3S/c1-31-16-3-2-13(7-15(16)21)28-19(30)14-8-24-27-18(14)26-20(28)32-9-17(29)25-12-5-10(22)4-11(23)6-12/h2-8H,9H2,1H3,(H,24,27)(H,25,29). The largest absolute Gasteiger partial charge is 0.495 e. The zero-order valence-corrected chi connectivity index (χ0v) is 17.9. The van der Waals surface area contributed by atoms with Crippen molar-refractivity contribution in [2.45, 2.75) is 5.16 Å². The van der Waals surface area contributed by atoms with Gasteiger partial charge >= 0.3 is 0 Å². The number of ether oxygens (including phenoxy) is 1. The highest BCUT2D eigenvalue weighted by Crippen LogP contribution is 2.28. The number of halogens is 3. The molecule has 0 saturated heterocycles. The summed E-state index contributed by atoms with van der Waals surface area (Å²) in [4.78, 5) is 29.8. The second kappa shape index (κ2) is 8.97. The number of benzene rings is 2. The van der Waals surface area contributed by atoms with Crippen molar-refractivity contribution < 1.29 is 18.3 Å². The summed E-state index contributed by atoms with van der Waals surface area (Å²) >= 11 is 7.17. The highest BCUT2D eigenvalue weighted by atomic mass is 35.5. The molecule has 0 aliphatic rings. The minimum atomic E-state index is -0.815. The van der Waals surface area contributed by atoms with E-state index in [0.29, 0.717) is 17.5 Å². The van der Waals surface area contributed by atoms with Gasteiger partial charge in [-0.3, -0.25) is 19.3 Å². The molecule has 0 fully saturated rings. The van der Waals surface area contributed by atoms with Gasteiger partial charge in [-0.1, -0.05) is 23.4 Å². The van der Waals surface area contributed by atoms with Gasteiger partial charge in [-0.2, -0.15) is 5.10 Å². The molecule has 164 valence electrons. The van der Waals surface area contributed by atoms with Crippen molar-refractivity contribution >= 4 is 46.0 Å². The Morgan fingerprint density at radius 2 is 2.00 bits per heavy atom. The minimum absolute atomic E-state index is 0.0237. The number of anilines is 1. The average Bonchev–Trinajstić information content (AvgIpc) is 3.20. The van der Waals surface area contributed by atoms with Crippen molar-refractivity contribution in [1.82, 2.24) is 19.7 Å². The van der Waals surface area contributed by atoms with E-state index in [1.165, 1.54) is 23.9 Å². The molecular weight excluding hydrogens is 464 g/mol. The van der Waals surface area contributed by atoms with Crippen LogP contribution in [0.3, 0.4) is 0 Å². The maximum absolute atomic E-state index is 13.3. The summed E-state index contributed by atoms with van der Waals surface area (Å²) in [5.41, 5.74) is 0.219. The number of rotatable bonds is 6. The Bertz CT molecular complexity index is 1370. The highest BCUT2D eigenvalue weighted by molar-refractivity contribution is 7.99. The fraction of sp³-hybridized carbons (Fsp3) is 0.100. The third-order valence-corrected chi connectivity index (χ3v) is 5.56. The lowest BCUT2D eigenvalue weighted by Gasteiger charge is -2.13. The number of amides is 1. The Morgan fingerprint density at radius 3 is 2.69 bits per heavy atom. The molecule has 4 rings (SSSR count). The first kappa shape index (κ1) is 21.8. The maximum atomic E-state index is 13.3. The molecule has 0 aliphatic carbocycles. The summed E-state index contributed by atoms with van der Waals surface area (Å²) in [5, 5.41) is 9.61. The number of methoxy groups -OCH3 is 1. The smallest absolute Gasteiger partial charge is 0.269 e. The van der Waals surface area contributed by atoms with Crippen molar-refractivity contribution in [3.63, 3.8) is 0 Å². The Labute approximate surface area is 188 Å². The van der Waals surface area contributed by atoms with Crippen LogP contribution in [0.1, 0.15) is 0 Å². The molecule has 8 nitrogen and oxygen atoms in total. The number of carbonyl (C=O) groups is 1.